The van der Waals surface area contributed by atoms with Crippen LogP contribution in [0.25, 0.3) is 0 Å². The van der Waals surface area contributed by atoms with E-state index < -0.39 is 9.84 Å². The van der Waals surface area contributed by atoms with Gasteiger partial charge in [0.2, 0.25) is 0 Å². The molecule has 1 saturated heterocycles. The number of thioether (sulfide) groups is 1. The number of anilines is 1. The third-order valence-electron chi connectivity index (χ3n) is 3.80. The third-order valence-corrected chi connectivity index (χ3v) is 7.04. The normalized spacial score (nSPS) is 26.5. The Balaban J connectivity index is 1.86. The van der Waals surface area contributed by atoms with Gasteiger partial charge in [0, 0.05) is 17.5 Å². The molecule has 0 radical (unpaired) electrons. The Labute approximate surface area is 130 Å². The van der Waals surface area contributed by atoms with Gasteiger partial charge in [-0.1, -0.05) is 30.8 Å². The first-order chi connectivity index (χ1) is 9.98. The maximum absolute atomic E-state index is 11.7. The fourth-order valence-corrected chi connectivity index (χ4v) is 6.63. The highest BCUT2D eigenvalue weighted by atomic mass is 32.2. The highest BCUT2D eigenvalue weighted by Gasteiger charge is 2.43. The fourth-order valence-electron chi connectivity index (χ4n) is 2.83. The van der Waals surface area contributed by atoms with Gasteiger partial charge in [0.1, 0.15) is 0 Å². The number of benzene rings is 1. The lowest BCUT2D eigenvalue weighted by Crippen LogP contribution is -2.29. The summed E-state index contributed by atoms with van der Waals surface area (Å²) in [5, 5.41) is 1.08. The van der Waals surface area contributed by atoms with Crippen LogP contribution in [-0.2, 0) is 9.84 Å². The molecule has 2 atom stereocenters. The van der Waals surface area contributed by atoms with E-state index in [4.69, 9.17) is 4.99 Å². The molecule has 2 aliphatic rings. The van der Waals surface area contributed by atoms with Crippen LogP contribution in [0.5, 0.6) is 0 Å². The van der Waals surface area contributed by atoms with E-state index in [0.29, 0.717) is 0 Å². The second-order valence-electron chi connectivity index (χ2n) is 5.70. The Morgan fingerprint density at radius 1 is 1.38 bits per heavy atom. The predicted octanol–water partition coefficient (Wildman–Crippen LogP) is 2.48. The first-order valence-electron chi connectivity index (χ1n) is 7.27. The summed E-state index contributed by atoms with van der Waals surface area (Å²) in [7, 11) is -2.88. The van der Waals surface area contributed by atoms with E-state index in [1.807, 2.05) is 0 Å². The summed E-state index contributed by atoms with van der Waals surface area (Å²) in [6.07, 6.45) is 1.03. The van der Waals surface area contributed by atoms with E-state index in [1.165, 1.54) is 5.56 Å². The van der Waals surface area contributed by atoms with Crippen LogP contribution < -0.4 is 4.90 Å². The summed E-state index contributed by atoms with van der Waals surface area (Å²) in [6.45, 7) is 5.13. The smallest absolute Gasteiger partial charge is 0.164 e. The summed E-state index contributed by atoms with van der Waals surface area (Å²) >= 11 is 1.63. The number of rotatable bonds is 3. The highest BCUT2D eigenvalue weighted by Crippen LogP contribution is 2.36. The van der Waals surface area contributed by atoms with Gasteiger partial charge in [0.15, 0.2) is 15.0 Å². The summed E-state index contributed by atoms with van der Waals surface area (Å²) in [5.41, 5.74) is 2.37. The molecule has 21 heavy (non-hydrogen) atoms. The topological polar surface area (TPSA) is 49.7 Å². The van der Waals surface area contributed by atoms with Crippen LogP contribution in [0.2, 0.25) is 0 Å². The summed E-state index contributed by atoms with van der Waals surface area (Å²) < 4.78 is 23.3. The minimum Gasteiger partial charge on any atom is -0.321 e. The number of hydrogen-bond acceptors (Lipinski definition) is 5. The van der Waals surface area contributed by atoms with Gasteiger partial charge in [-0.15, -0.1) is 0 Å². The molecule has 0 bridgehead atoms. The van der Waals surface area contributed by atoms with Crippen molar-refractivity contribution < 1.29 is 8.42 Å². The van der Waals surface area contributed by atoms with Crippen LogP contribution in [-0.4, -0.2) is 42.9 Å². The lowest BCUT2D eigenvalue weighted by atomic mass is 10.2. The van der Waals surface area contributed by atoms with E-state index in [0.717, 1.165) is 23.8 Å². The molecule has 0 aromatic heterocycles. The average molecular weight is 324 g/mol. The van der Waals surface area contributed by atoms with Gasteiger partial charge in [-0.3, -0.25) is 4.99 Å². The molecule has 6 heteroatoms. The molecular formula is C15H20N2O2S2. The zero-order valence-electron chi connectivity index (χ0n) is 12.3. The number of hydrogen-bond donors (Lipinski definition) is 0. The molecule has 0 amide bonds. The molecule has 2 aliphatic heterocycles. The van der Waals surface area contributed by atoms with Crippen molar-refractivity contribution in [3.63, 3.8) is 0 Å². The Bertz CT molecular complexity index is 670. The molecule has 0 N–H and O–H groups in total. The fraction of sp³-hybridized carbons (Fsp3) is 0.533. The molecule has 1 aromatic rings. The first kappa shape index (κ1) is 14.9. The zero-order valence-corrected chi connectivity index (χ0v) is 14.0. The highest BCUT2D eigenvalue weighted by molar-refractivity contribution is 8.15. The predicted molar refractivity (Wildman–Crippen MR) is 90.1 cm³/mol. The Morgan fingerprint density at radius 2 is 2.19 bits per heavy atom. The molecule has 0 unspecified atom stereocenters. The van der Waals surface area contributed by atoms with Crippen LogP contribution >= 0.6 is 11.8 Å². The average Bonchev–Trinajstić information content (AvgIpc) is 2.89. The molecule has 114 valence electrons. The summed E-state index contributed by atoms with van der Waals surface area (Å²) in [6, 6.07) is 8.33. The van der Waals surface area contributed by atoms with Crippen LogP contribution in [0.1, 0.15) is 18.9 Å². The minimum absolute atomic E-state index is 0.0563. The lowest BCUT2D eigenvalue weighted by molar-refractivity contribution is 0.601. The van der Waals surface area contributed by atoms with Crippen molar-refractivity contribution in [1.82, 2.24) is 0 Å². The number of fused-ring (bicyclic) bond motifs is 1. The summed E-state index contributed by atoms with van der Waals surface area (Å²) in [5.74, 6) is 0.477. The van der Waals surface area contributed by atoms with Gasteiger partial charge in [-0.25, -0.2) is 8.42 Å². The van der Waals surface area contributed by atoms with Gasteiger partial charge in [-0.05, 0) is 31.0 Å². The van der Waals surface area contributed by atoms with Crippen molar-refractivity contribution in [2.75, 3.05) is 23.0 Å². The number of sulfone groups is 1. The second kappa shape index (κ2) is 5.65. The molecule has 2 heterocycles. The molecule has 3 rings (SSSR count). The zero-order chi connectivity index (χ0) is 15.0. The van der Waals surface area contributed by atoms with Crippen molar-refractivity contribution >= 4 is 32.5 Å². The SMILES string of the molecule is CCCN(C1=N[C@@H]2CS(=O)(=O)C[C@H]2S1)c1cccc(C)c1. The number of nitrogens with zero attached hydrogens (tertiary/aromatic N) is 2. The molecular weight excluding hydrogens is 304 g/mol. The Hall–Kier alpha value is -1.01. The van der Waals surface area contributed by atoms with E-state index in [1.54, 1.807) is 11.8 Å². The number of aliphatic imine (C=N–C) groups is 1. The molecule has 0 spiro atoms. The van der Waals surface area contributed by atoms with Gasteiger partial charge >= 0.3 is 0 Å². The number of aryl methyl sites for hydroxylation is 1. The van der Waals surface area contributed by atoms with E-state index in [9.17, 15) is 8.42 Å². The molecule has 1 aromatic carbocycles. The molecule has 0 aliphatic carbocycles. The van der Waals surface area contributed by atoms with Gasteiger partial charge < -0.3 is 4.90 Å². The largest absolute Gasteiger partial charge is 0.321 e. The van der Waals surface area contributed by atoms with Crippen molar-refractivity contribution in [3.05, 3.63) is 29.8 Å². The van der Waals surface area contributed by atoms with Gasteiger partial charge in [0.25, 0.3) is 0 Å². The van der Waals surface area contributed by atoms with Crippen molar-refractivity contribution in [3.8, 4) is 0 Å². The van der Waals surface area contributed by atoms with Gasteiger partial charge in [-0.2, -0.15) is 0 Å². The van der Waals surface area contributed by atoms with Crippen LogP contribution in [0.4, 0.5) is 5.69 Å². The van der Waals surface area contributed by atoms with Gasteiger partial charge in [0.05, 0.1) is 17.5 Å². The maximum atomic E-state index is 11.7. The van der Waals surface area contributed by atoms with Crippen LogP contribution in [0.3, 0.4) is 0 Å². The minimum atomic E-state index is -2.88. The quantitative estimate of drug-likeness (QED) is 0.857. The summed E-state index contributed by atoms with van der Waals surface area (Å²) in [4.78, 5) is 6.92. The van der Waals surface area contributed by atoms with E-state index in [-0.39, 0.29) is 22.8 Å². The maximum Gasteiger partial charge on any atom is 0.164 e. The van der Waals surface area contributed by atoms with Crippen molar-refractivity contribution in [2.24, 2.45) is 4.99 Å². The lowest BCUT2D eigenvalue weighted by Gasteiger charge is -2.24. The first-order valence-corrected chi connectivity index (χ1v) is 9.98. The Morgan fingerprint density at radius 3 is 2.86 bits per heavy atom. The number of amidine groups is 1. The monoisotopic (exact) mass is 324 g/mol. The Kier molecular flexibility index (Phi) is 4.01. The molecule has 1 fully saturated rings. The van der Waals surface area contributed by atoms with E-state index in [2.05, 4.69) is 43.0 Å². The van der Waals surface area contributed by atoms with Crippen molar-refractivity contribution in [1.29, 1.82) is 0 Å². The van der Waals surface area contributed by atoms with Crippen LogP contribution in [0.15, 0.2) is 29.3 Å². The second-order valence-corrected chi connectivity index (χ2v) is 9.06. The van der Waals surface area contributed by atoms with E-state index >= 15 is 0 Å². The van der Waals surface area contributed by atoms with Crippen molar-refractivity contribution in [2.45, 2.75) is 31.6 Å². The standard InChI is InChI=1S/C15H20N2O2S2/c1-3-7-17(12-6-4-5-11(2)8-12)15-16-13-9-21(18,19)10-14(13)20-15/h4-6,8,13-14H,3,7,9-10H2,1-2H3/t13-,14-/m1/s1. The third kappa shape index (κ3) is 3.11. The molecule has 0 saturated carbocycles. The molecule has 4 nitrogen and oxygen atoms in total. The van der Waals surface area contributed by atoms with Crippen LogP contribution in [0, 0.1) is 6.92 Å².